The van der Waals surface area contributed by atoms with Crippen molar-refractivity contribution in [1.29, 1.82) is 0 Å². The fourth-order valence-electron chi connectivity index (χ4n) is 3.77. The van der Waals surface area contributed by atoms with Gasteiger partial charge in [-0.05, 0) is 17.7 Å². The number of nitrogens with two attached hydrogens (primary N) is 2. The highest BCUT2D eigenvalue weighted by Gasteiger charge is 2.34. The van der Waals surface area contributed by atoms with Crippen molar-refractivity contribution >= 4 is 35.2 Å². The van der Waals surface area contributed by atoms with Gasteiger partial charge in [0.15, 0.2) is 0 Å². The minimum absolute atomic E-state index is 0.0832. The van der Waals surface area contributed by atoms with Crippen LogP contribution in [0.5, 0.6) is 0 Å². The van der Waals surface area contributed by atoms with E-state index in [2.05, 4.69) is 5.32 Å². The van der Waals surface area contributed by atoms with E-state index in [0.717, 1.165) is 16.1 Å². The van der Waals surface area contributed by atoms with Crippen LogP contribution in [0.1, 0.15) is 24.8 Å². The molecule has 0 saturated carbocycles. The van der Waals surface area contributed by atoms with Crippen LogP contribution in [0.4, 0.5) is 5.69 Å². The zero-order valence-corrected chi connectivity index (χ0v) is 19.3. The quantitative estimate of drug-likeness (QED) is 0.460. The van der Waals surface area contributed by atoms with Crippen LogP contribution in [-0.2, 0) is 25.7 Å². The van der Waals surface area contributed by atoms with E-state index < -0.39 is 18.1 Å². The Kier molecular flexibility index (Phi) is 9.29. The maximum absolute atomic E-state index is 13.1. The minimum Gasteiger partial charge on any atom is -0.370 e. The van der Waals surface area contributed by atoms with E-state index in [1.807, 2.05) is 54.6 Å². The molecule has 0 saturated heterocycles. The van der Waals surface area contributed by atoms with Gasteiger partial charge in [0.2, 0.25) is 17.7 Å². The molecule has 0 bridgehead atoms. The number of carbonyl (C=O) groups is 3. The predicted octanol–water partition coefficient (Wildman–Crippen LogP) is 1.81. The molecule has 2 aromatic rings. The van der Waals surface area contributed by atoms with Crippen molar-refractivity contribution in [2.24, 2.45) is 11.5 Å². The molecular formula is C24H30N4O4S. The van der Waals surface area contributed by atoms with Crippen molar-refractivity contribution in [3.63, 3.8) is 0 Å². The van der Waals surface area contributed by atoms with E-state index in [1.54, 1.807) is 16.7 Å². The number of nitrogens with one attached hydrogen (secondary N) is 1. The van der Waals surface area contributed by atoms with E-state index in [9.17, 15) is 14.4 Å². The molecule has 0 fully saturated rings. The summed E-state index contributed by atoms with van der Waals surface area (Å²) in [7, 11) is 0. The molecule has 2 unspecified atom stereocenters. The Labute approximate surface area is 198 Å². The number of amides is 3. The van der Waals surface area contributed by atoms with Gasteiger partial charge in [0, 0.05) is 49.0 Å². The number of fused-ring (bicyclic) bond motifs is 1. The van der Waals surface area contributed by atoms with Crippen molar-refractivity contribution in [2.45, 2.75) is 42.9 Å². The molecule has 0 aromatic heterocycles. The van der Waals surface area contributed by atoms with Crippen LogP contribution in [0.25, 0.3) is 0 Å². The zero-order chi connectivity index (χ0) is 23.6. The Morgan fingerprint density at radius 3 is 2.58 bits per heavy atom. The second-order valence-corrected chi connectivity index (χ2v) is 8.89. The van der Waals surface area contributed by atoms with Crippen molar-refractivity contribution < 1.29 is 19.1 Å². The van der Waals surface area contributed by atoms with E-state index in [-0.39, 0.29) is 37.8 Å². The molecule has 33 heavy (non-hydrogen) atoms. The van der Waals surface area contributed by atoms with Crippen LogP contribution in [0.15, 0.2) is 59.5 Å². The molecule has 1 aliphatic rings. The lowest BCUT2D eigenvalue weighted by molar-refractivity contribution is -0.135. The average molecular weight is 471 g/mol. The summed E-state index contributed by atoms with van der Waals surface area (Å²) in [6, 6.07) is 16.4. The van der Waals surface area contributed by atoms with Crippen molar-refractivity contribution in [2.75, 3.05) is 23.7 Å². The molecule has 3 rings (SSSR count). The lowest BCUT2D eigenvalue weighted by Gasteiger charge is -2.33. The van der Waals surface area contributed by atoms with Crippen LogP contribution >= 0.6 is 11.8 Å². The number of nitrogens with zero attached hydrogens (tertiary/aromatic N) is 1. The Hall–Kier alpha value is -2.88. The highest BCUT2D eigenvalue weighted by molar-refractivity contribution is 7.99. The number of carbonyl (C=O) groups excluding carboxylic acids is 3. The summed E-state index contributed by atoms with van der Waals surface area (Å²) in [6.07, 6.45) is -0.530. The number of para-hydroxylation sites is 1. The van der Waals surface area contributed by atoms with Gasteiger partial charge in [-0.25, -0.2) is 0 Å². The number of hydrogen-bond acceptors (Lipinski definition) is 6. The fraction of sp³-hybridized carbons (Fsp3) is 0.375. The number of hydrogen-bond donors (Lipinski definition) is 3. The first-order valence-electron chi connectivity index (χ1n) is 10.9. The lowest BCUT2D eigenvalue weighted by atomic mass is 10.0. The van der Waals surface area contributed by atoms with E-state index in [4.69, 9.17) is 16.2 Å². The van der Waals surface area contributed by atoms with E-state index in [0.29, 0.717) is 18.7 Å². The third kappa shape index (κ3) is 7.05. The monoisotopic (exact) mass is 470 g/mol. The first kappa shape index (κ1) is 24.8. The van der Waals surface area contributed by atoms with Gasteiger partial charge >= 0.3 is 0 Å². The van der Waals surface area contributed by atoms with Gasteiger partial charge in [0.1, 0.15) is 6.10 Å². The number of rotatable bonds is 11. The minimum atomic E-state index is -0.892. The first-order chi connectivity index (χ1) is 16.0. The topological polar surface area (TPSA) is 128 Å². The molecule has 0 radical (unpaired) electrons. The predicted molar refractivity (Wildman–Crippen MR) is 129 cm³/mol. The van der Waals surface area contributed by atoms with Crippen LogP contribution in [0.3, 0.4) is 0 Å². The summed E-state index contributed by atoms with van der Waals surface area (Å²) in [5.74, 6) is -0.356. The fourth-order valence-corrected chi connectivity index (χ4v) is 4.76. The Morgan fingerprint density at radius 1 is 1.12 bits per heavy atom. The highest BCUT2D eigenvalue weighted by atomic mass is 32.2. The summed E-state index contributed by atoms with van der Waals surface area (Å²) in [5, 5.41) is 2.76. The summed E-state index contributed by atoms with van der Waals surface area (Å²) in [6.45, 7) is 0.801. The van der Waals surface area contributed by atoms with Gasteiger partial charge in [-0.3, -0.25) is 14.4 Å². The maximum Gasteiger partial charge on any atom is 0.249 e. The van der Waals surface area contributed by atoms with E-state index in [1.165, 1.54) is 0 Å². The molecule has 2 atom stereocenters. The van der Waals surface area contributed by atoms with Crippen molar-refractivity contribution in [1.82, 2.24) is 5.32 Å². The number of anilines is 1. The van der Waals surface area contributed by atoms with Crippen molar-refractivity contribution in [3.8, 4) is 0 Å². The van der Waals surface area contributed by atoms with Crippen LogP contribution in [0, 0.1) is 0 Å². The molecule has 1 aliphatic heterocycles. The zero-order valence-electron chi connectivity index (χ0n) is 18.4. The Bertz CT molecular complexity index is 956. The number of ether oxygens (including phenoxy) is 1. The van der Waals surface area contributed by atoms with Gasteiger partial charge in [-0.15, -0.1) is 11.8 Å². The summed E-state index contributed by atoms with van der Waals surface area (Å²) in [4.78, 5) is 40.6. The first-order valence-corrected chi connectivity index (χ1v) is 11.9. The molecule has 176 valence electrons. The third-order valence-electron chi connectivity index (χ3n) is 5.29. The molecule has 0 aliphatic carbocycles. The summed E-state index contributed by atoms with van der Waals surface area (Å²) in [5.41, 5.74) is 12.7. The molecule has 9 heteroatoms. The van der Waals surface area contributed by atoms with Gasteiger partial charge < -0.3 is 26.4 Å². The molecule has 1 heterocycles. The molecule has 3 amide bonds. The number of benzene rings is 2. The van der Waals surface area contributed by atoms with Crippen LogP contribution in [0.2, 0.25) is 0 Å². The van der Waals surface area contributed by atoms with Gasteiger partial charge in [-0.1, -0.05) is 42.5 Å². The largest absolute Gasteiger partial charge is 0.370 e. The molecular weight excluding hydrogens is 440 g/mol. The van der Waals surface area contributed by atoms with E-state index >= 15 is 0 Å². The lowest BCUT2D eigenvalue weighted by Crippen LogP contribution is -2.48. The number of primary amides is 1. The smallest absolute Gasteiger partial charge is 0.249 e. The second-order valence-electron chi connectivity index (χ2n) is 7.75. The Balaban J connectivity index is 1.88. The summed E-state index contributed by atoms with van der Waals surface area (Å²) < 4.78 is 6.00. The molecule has 2 aromatic carbocycles. The van der Waals surface area contributed by atoms with Crippen LogP contribution < -0.4 is 21.7 Å². The maximum atomic E-state index is 13.1. The van der Waals surface area contributed by atoms with Gasteiger partial charge in [-0.2, -0.15) is 0 Å². The molecule has 8 nitrogen and oxygen atoms in total. The normalized spacial score (nSPS) is 15.3. The Morgan fingerprint density at radius 2 is 1.85 bits per heavy atom. The highest BCUT2D eigenvalue weighted by Crippen LogP contribution is 2.36. The standard InChI is InChI=1S/C24H30N4O4S/c25-11-12-27-24(31)20(32-16-17-6-2-1-3-7-17)14-18(15-22(26)29)28-19-8-4-5-9-21(19)33-13-10-23(28)30/h1-9,18,20H,10-16,25H2,(H2,26,29)(H,27,31). The molecule has 0 spiro atoms. The van der Waals surface area contributed by atoms with Gasteiger partial charge in [0.25, 0.3) is 0 Å². The second kappa shape index (κ2) is 12.4. The van der Waals surface area contributed by atoms with Crippen molar-refractivity contribution in [3.05, 3.63) is 60.2 Å². The third-order valence-corrected chi connectivity index (χ3v) is 6.35. The van der Waals surface area contributed by atoms with Crippen LogP contribution in [-0.4, -0.2) is 48.7 Å². The number of thioether (sulfide) groups is 1. The summed E-state index contributed by atoms with van der Waals surface area (Å²) >= 11 is 1.59. The SMILES string of the molecule is NCCNC(=O)C(CC(CC(N)=O)N1C(=O)CCSc2ccccc21)OCc1ccccc1. The molecule has 5 N–H and O–H groups in total. The van der Waals surface area contributed by atoms with Gasteiger partial charge in [0.05, 0.1) is 12.3 Å². The average Bonchev–Trinajstić information content (AvgIpc) is 2.98.